The van der Waals surface area contributed by atoms with Crippen molar-refractivity contribution in [3.63, 3.8) is 0 Å². The van der Waals surface area contributed by atoms with Crippen LogP contribution < -0.4 is 5.32 Å². The highest BCUT2D eigenvalue weighted by atomic mass is 15.1. The summed E-state index contributed by atoms with van der Waals surface area (Å²) in [6, 6.07) is 0.822. The normalized spacial score (nSPS) is 17.6. The zero-order valence-corrected chi connectivity index (χ0v) is 10.4. The summed E-state index contributed by atoms with van der Waals surface area (Å²) in [5.41, 5.74) is 0. The summed E-state index contributed by atoms with van der Waals surface area (Å²) in [4.78, 5) is 4.48. The van der Waals surface area contributed by atoms with Crippen LogP contribution in [0.15, 0.2) is 12.4 Å². The van der Waals surface area contributed by atoms with Crippen LogP contribution in [0.5, 0.6) is 0 Å². The van der Waals surface area contributed by atoms with E-state index in [1.54, 1.807) is 0 Å². The van der Waals surface area contributed by atoms with Gasteiger partial charge in [0.05, 0.1) is 0 Å². The molecule has 1 N–H and O–H groups in total. The highest BCUT2D eigenvalue weighted by Crippen LogP contribution is 2.20. The molecule has 0 saturated heterocycles. The molecule has 3 nitrogen and oxygen atoms in total. The molecule has 1 heterocycles. The molecule has 1 fully saturated rings. The Morgan fingerprint density at radius 1 is 1.56 bits per heavy atom. The number of hydrogen-bond donors (Lipinski definition) is 1. The van der Waals surface area contributed by atoms with Crippen molar-refractivity contribution in [3.05, 3.63) is 18.2 Å². The van der Waals surface area contributed by atoms with Gasteiger partial charge in [-0.3, -0.25) is 0 Å². The lowest BCUT2D eigenvalue weighted by atomic mass is 10.1. The number of hydrogen-bond acceptors (Lipinski definition) is 2. The summed E-state index contributed by atoms with van der Waals surface area (Å²) in [5, 5.41) is 3.56. The van der Waals surface area contributed by atoms with Crippen LogP contribution in [-0.2, 0) is 6.54 Å². The summed E-state index contributed by atoms with van der Waals surface area (Å²) in [6.45, 7) is 6.71. The minimum absolute atomic E-state index is 0.563. The molecule has 0 aromatic carbocycles. The summed E-state index contributed by atoms with van der Waals surface area (Å²) in [5.74, 6) is 1.81. The van der Waals surface area contributed by atoms with Gasteiger partial charge in [-0.25, -0.2) is 4.98 Å². The standard InChI is InChI=1S/C13H23N3/c1-3-9-16-10-8-15-13(16)11(2)6-7-14-12-4-5-12/h8,10-12,14H,3-7,9H2,1-2H3. The number of nitrogens with one attached hydrogen (secondary N) is 1. The van der Waals surface area contributed by atoms with Gasteiger partial charge in [0.2, 0.25) is 0 Å². The number of nitrogens with zero attached hydrogens (tertiary/aromatic N) is 2. The van der Waals surface area contributed by atoms with Crippen LogP contribution in [0.4, 0.5) is 0 Å². The molecule has 1 saturated carbocycles. The van der Waals surface area contributed by atoms with Crippen molar-refractivity contribution in [3.8, 4) is 0 Å². The number of imidazole rings is 1. The Balaban J connectivity index is 1.80. The average molecular weight is 221 g/mol. The molecule has 1 atom stereocenters. The Hall–Kier alpha value is -0.830. The van der Waals surface area contributed by atoms with Crippen molar-refractivity contribution in [1.29, 1.82) is 0 Å². The molecule has 0 aliphatic heterocycles. The van der Waals surface area contributed by atoms with E-state index in [2.05, 4.69) is 34.9 Å². The Bertz CT molecular complexity index is 315. The van der Waals surface area contributed by atoms with Crippen LogP contribution in [0.2, 0.25) is 0 Å². The molecule has 0 spiro atoms. The largest absolute Gasteiger partial charge is 0.335 e. The summed E-state index contributed by atoms with van der Waals surface area (Å²) >= 11 is 0. The van der Waals surface area contributed by atoms with Crippen LogP contribution in [-0.4, -0.2) is 22.1 Å². The minimum Gasteiger partial charge on any atom is -0.335 e. The van der Waals surface area contributed by atoms with Crippen molar-refractivity contribution >= 4 is 0 Å². The van der Waals surface area contributed by atoms with Gasteiger partial charge in [-0.15, -0.1) is 0 Å². The van der Waals surface area contributed by atoms with E-state index in [0.717, 1.165) is 19.1 Å². The first-order valence-corrected chi connectivity index (χ1v) is 6.55. The number of aryl methyl sites for hydroxylation is 1. The topological polar surface area (TPSA) is 29.9 Å². The Kier molecular flexibility index (Phi) is 3.99. The van der Waals surface area contributed by atoms with E-state index in [1.807, 2.05) is 6.20 Å². The molecule has 1 unspecified atom stereocenters. The second-order valence-electron chi connectivity index (χ2n) is 4.90. The third-order valence-electron chi connectivity index (χ3n) is 3.24. The number of rotatable bonds is 7. The molecule has 1 aromatic heterocycles. The van der Waals surface area contributed by atoms with E-state index >= 15 is 0 Å². The van der Waals surface area contributed by atoms with Crippen molar-refractivity contribution in [2.24, 2.45) is 0 Å². The third kappa shape index (κ3) is 3.08. The average Bonchev–Trinajstić information content (AvgIpc) is 2.97. The van der Waals surface area contributed by atoms with E-state index in [4.69, 9.17) is 0 Å². The van der Waals surface area contributed by atoms with E-state index in [0.29, 0.717) is 5.92 Å². The monoisotopic (exact) mass is 221 g/mol. The van der Waals surface area contributed by atoms with Gasteiger partial charge < -0.3 is 9.88 Å². The zero-order chi connectivity index (χ0) is 11.4. The molecule has 3 heteroatoms. The molecule has 16 heavy (non-hydrogen) atoms. The Labute approximate surface area is 98.3 Å². The summed E-state index contributed by atoms with van der Waals surface area (Å²) in [7, 11) is 0. The van der Waals surface area contributed by atoms with Gasteiger partial charge in [-0.05, 0) is 32.2 Å². The van der Waals surface area contributed by atoms with E-state index in [1.165, 1.54) is 31.5 Å². The van der Waals surface area contributed by atoms with E-state index < -0.39 is 0 Å². The van der Waals surface area contributed by atoms with Crippen molar-refractivity contribution in [2.45, 2.75) is 58.0 Å². The maximum absolute atomic E-state index is 4.48. The molecular formula is C13H23N3. The maximum Gasteiger partial charge on any atom is 0.111 e. The lowest BCUT2D eigenvalue weighted by Crippen LogP contribution is -2.20. The molecule has 0 radical (unpaired) electrons. The minimum atomic E-state index is 0.563. The van der Waals surface area contributed by atoms with Crippen LogP contribution >= 0.6 is 0 Å². The van der Waals surface area contributed by atoms with Gasteiger partial charge in [0, 0.05) is 30.9 Å². The van der Waals surface area contributed by atoms with Crippen LogP contribution in [0.25, 0.3) is 0 Å². The number of aromatic nitrogens is 2. The quantitative estimate of drug-likeness (QED) is 0.767. The molecule has 2 rings (SSSR count). The third-order valence-corrected chi connectivity index (χ3v) is 3.24. The van der Waals surface area contributed by atoms with Gasteiger partial charge in [-0.2, -0.15) is 0 Å². The lowest BCUT2D eigenvalue weighted by molar-refractivity contribution is 0.537. The second kappa shape index (κ2) is 5.48. The van der Waals surface area contributed by atoms with Crippen molar-refractivity contribution < 1.29 is 0 Å². The molecule has 1 aliphatic rings. The zero-order valence-electron chi connectivity index (χ0n) is 10.4. The Morgan fingerprint density at radius 3 is 3.06 bits per heavy atom. The summed E-state index contributed by atoms with van der Waals surface area (Å²) < 4.78 is 2.29. The highest BCUT2D eigenvalue weighted by Gasteiger charge is 2.20. The van der Waals surface area contributed by atoms with Crippen molar-refractivity contribution in [2.75, 3.05) is 6.54 Å². The highest BCUT2D eigenvalue weighted by molar-refractivity contribution is 4.99. The molecule has 90 valence electrons. The molecular weight excluding hydrogens is 198 g/mol. The van der Waals surface area contributed by atoms with Crippen LogP contribution in [0, 0.1) is 0 Å². The molecule has 0 amide bonds. The SMILES string of the molecule is CCCn1ccnc1C(C)CCNC1CC1. The molecule has 1 aliphatic carbocycles. The van der Waals surface area contributed by atoms with Crippen molar-refractivity contribution in [1.82, 2.24) is 14.9 Å². The predicted molar refractivity (Wildman–Crippen MR) is 66.6 cm³/mol. The fourth-order valence-corrected chi connectivity index (χ4v) is 2.10. The smallest absolute Gasteiger partial charge is 0.111 e. The first-order valence-electron chi connectivity index (χ1n) is 6.55. The van der Waals surface area contributed by atoms with Gasteiger partial charge in [-0.1, -0.05) is 13.8 Å². The second-order valence-corrected chi connectivity index (χ2v) is 4.90. The molecule has 1 aromatic rings. The fraction of sp³-hybridized carbons (Fsp3) is 0.769. The Morgan fingerprint density at radius 2 is 2.38 bits per heavy atom. The van der Waals surface area contributed by atoms with Gasteiger partial charge in [0.15, 0.2) is 0 Å². The lowest BCUT2D eigenvalue weighted by Gasteiger charge is -2.13. The van der Waals surface area contributed by atoms with Gasteiger partial charge in [0.25, 0.3) is 0 Å². The summed E-state index contributed by atoms with van der Waals surface area (Å²) in [6.07, 6.45) is 9.14. The predicted octanol–water partition coefficient (Wildman–Crippen LogP) is 2.54. The van der Waals surface area contributed by atoms with Gasteiger partial charge in [0.1, 0.15) is 5.82 Å². The van der Waals surface area contributed by atoms with Gasteiger partial charge >= 0.3 is 0 Å². The first-order chi connectivity index (χ1) is 7.81. The van der Waals surface area contributed by atoms with E-state index in [9.17, 15) is 0 Å². The molecule has 0 bridgehead atoms. The van der Waals surface area contributed by atoms with Crippen LogP contribution in [0.1, 0.15) is 51.3 Å². The van der Waals surface area contributed by atoms with E-state index in [-0.39, 0.29) is 0 Å². The first kappa shape index (κ1) is 11.6. The maximum atomic E-state index is 4.48. The van der Waals surface area contributed by atoms with Crippen LogP contribution in [0.3, 0.4) is 0 Å². The fourth-order valence-electron chi connectivity index (χ4n) is 2.10.